The minimum atomic E-state index is -1.05. The molecule has 4 N–H and O–H groups in total. The quantitative estimate of drug-likeness (QED) is 0.362. The molecule has 192 valence electrons. The van der Waals surface area contributed by atoms with Crippen molar-refractivity contribution in [2.75, 3.05) is 16.4 Å². The fourth-order valence-corrected chi connectivity index (χ4v) is 5.26. The van der Waals surface area contributed by atoms with Gasteiger partial charge >= 0.3 is 0 Å². The Morgan fingerprint density at radius 2 is 1.84 bits per heavy atom. The average Bonchev–Trinajstić information content (AvgIpc) is 3.45. The van der Waals surface area contributed by atoms with Gasteiger partial charge in [-0.15, -0.1) is 0 Å². The molecule has 0 saturated heterocycles. The van der Waals surface area contributed by atoms with E-state index in [0.717, 1.165) is 23.0 Å². The molecule has 6 rings (SSSR count). The standard InChI is InChI=1S/C28H25F2N7O/c1-3-37-13-12-17-22(32-19(33-26(17)37)14-15-8-7-11-18(29)21(15)30)25-34-23(31)20-24(35-25)36-27(38)28(20,2)16-9-5-4-6-10-16/h4-13,22H,3,14H2,1-2H3,(H,32,33)(H3,31,34,35,36,38). The zero-order valence-electron chi connectivity index (χ0n) is 20.8. The molecule has 2 aliphatic rings. The topological polar surface area (TPSA) is 110 Å². The predicted octanol–water partition coefficient (Wildman–Crippen LogP) is 4.57. The van der Waals surface area contributed by atoms with Crippen molar-refractivity contribution < 1.29 is 13.6 Å². The highest BCUT2D eigenvalue weighted by molar-refractivity contribution is 6.09. The number of aliphatic imine (C=N–C) groups is 1. The Kier molecular flexibility index (Phi) is 5.48. The van der Waals surface area contributed by atoms with Gasteiger partial charge in [0.25, 0.3) is 0 Å². The van der Waals surface area contributed by atoms with E-state index < -0.39 is 23.1 Å². The summed E-state index contributed by atoms with van der Waals surface area (Å²) >= 11 is 0. The van der Waals surface area contributed by atoms with E-state index >= 15 is 0 Å². The number of nitrogens with one attached hydrogen (secondary N) is 2. The van der Waals surface area contributed by atoms with Crippen LogP contribution in [-0.4, -0.2) is 26.3 Å². The zero-order valence-corrected chi connectivity index (χ0v) is 20.8. The highest BCUT2D eigenvalue weighted by atomic mass is 19.2. The first-order chi connectivity index (χ1) is 18.3. The lowest BCUT2D eigenvalue weighted by molar-refractivity contribution is -0.119. The van der Waals surface area contributed by atoms with Gasteiger partial charge < -0.3 is 20.9 Å². The molecule has 0 radical (unpaired) electrons. The van der Waals surface area contributed by atoms with Crippen molar-refractivity contribution in [2.45, 2.75) is 38.3 Å². The highest BCUT2D eigenvalue weighted by Crippen LogP contribution is 2.45. The molecule has 8 nitrogen and oxygen atoms in total. The van der Waals surface area contributed by atoms with Crippen molar-refractivity contribution in [3.63, 3.8) is 0 Å². The number of nitrogens with zero attached hydrogens (tertiary/aromatic N) is 4. The van der Waals surface area contributed by atoms with Gasteiger partial charge in [0.1, 0.15) is 34.7 Å². The molecule has 2 aromatic carbocycles. The highest BCUT2D eigenvalue weighted by Gasteiger charge is 2.47. The number of benzene rings is 2. The summed E-state index contributed by atoms with van der Waals surface area (Å²) in [5, 5.41) is 6.15. The number of carbonyl (C=O) groups is 1. The van der Waals surface area contributed by atoms with Crippen LogP contribution in [0.25, 0.3) is 0 Å². The van der Waals surface area contributed by atoms with Crippen molar-refractivity contribution in [3.8, 4) is 0 Å². The largest absolute Gasteiger partial charge is 0.383 e. The molecule has 0 spiro atoms. The molecule has 38 heavy (non-hydrogen) atoms. The Balaban J connectivity index is 1.45. The number of amidine groups is 1. The van der Waals surface area contributed by atoms with Gasteiger partial charge in [0.05, 0.1) is 5.56 Å². The second kappa shape index (κ2) is 8.76. The molecule has 0 aliphatic carbocycles. The summed E-state index contributed by atoms with van der Waals surface area (Å²) in [5.74, 6) is -0.0598. The Morgan fingerprint density at radius 1 is 1.05 bits per heavy atom. The molecule has 0 bridgehead atoms. The van der Waals surface area contributed by atoms with E-state index in [2.05, 4.69) is 15.6 Å². The molecule has 4 heterocycles. The SMILES string of the molecule is CCn1ccc2c1NC(Cc1cccc(F)c1F)=NC2c1nc(N)c2c(n1)NC(=O)C2(C)c1ccccc1. The van der Waals surface area contributed by atoms with Crippen LogP contribution >= 0.6 is 0 Å². The number of carbonyl (C=O) groups excluding carboxylic acids is 1. The van der Waals surface area contributed by atoms with Gasteiger partial charge in [-0.25, -0.2) is 18.7 Å². The molecular formula is C28H25F2N7O. The number of hydrogen-bond acceptors (Lipinski definition) is 6. The van der Waals surface area contributed by atoms with Gasteiger partial charge in [0, 0.05) is 24.7 Å². The second-order valence-corrected chi connectivity index (χ2v) is 9.53. The van der Waals surface area contributed by atoms with E-state index in [4.69, 9.17) is 15.7 Å². The maximum Gasteiger partial charge on any atom is 0.240 e. The number of anilines is 3. The van der Waals surface area contributed by atoms with Gasteiger partial charge in [0.15, 0.2) is 17.5 Å². The third-order valence-corrected chi connectivity index (χ3v) is 7.30. The number of amides is 1. The minimum Gasteiger partial charge on any atom is -0.383 e. The fraction of sp³-hybridized carbons (Fsp3) is 0.214. The molecular weight excluding hydrogens is 488 g/mol. The van der Waals surface area contributed by atoms with Gasteiger partial charge in [-0.3, -0.25) is 9.79 Å². The lowest BCUT2D eigenvalue weighted by Crippen LogP contribution is -2.33. The zero-order chi connectivity index (χ0) is 26.6. The van der Waals surface area contributed by atoms with Crippen LogP contribution in [0.3, 0.4) is 0 Å². The lowest BCUT2D eigenvalue weighted by atomic mass is 9.78. The molecule has 0 saturated carbocycles. The number of fused-ring (bicyclic) bond motifs is 2. The van der Waals surface area contributed by atoms with Gasteiger partial charge in [0.2, 0.25) is 5.91 Å². The summed E-state index contributed by atoms with van der Waals surface area (Å²) < 4.78 is 30.3. The molecule has 10 heteroatoms. The summed E-state index contributed by atoms with van der Waals surface area (Å²) in [7, 11) is 0. The molecule has 2 aromatic heterocycles. The van der Waals surface area contributed by atoms with E-state index in [1.807, 2.05) is 54.1 Å². The Labute approximate surface area is 217 Å². The van der Waals surface area contributed by atoms with Crippen molar-refractivity contribution in [1.29, 1.82) is 0 Å². The third-order valence-electron chi connectivity index (χ3n) is 7.30. The summed E-state index contributed by atoms with van der Waals surface area (Å²) in [6.07, 6.45) is 1.95. The number of hydrogen-bond donors (Lipinski definition) is 3. The minimum absolute atomic E-state index is 0.0393. The van der Waals surface area contributed by atoms with E-state index in [0.29, 0.717) is 29.6 Å². The van der Waals surface area contributed by atoms with E-state index in [9.17, 15) is 13.6 Å². The van der Waals surface area contributed by atoms with E-state index in [1.165, 1.54) is 12.1 Å². The van der Waals surface area contributed by atoms with Crippen LogP contribution in [0.5, 0.6) is 0 Å². The summed E-state index contributed by atoms with van der Waals surface area (Å²) in [6.45, 7) is 4.48. The van der Waals surface area contributed by atoms with Crippen LogP contribution in [0.1, 0.15) is 48.0 Å². The van der Waals surface area contributed by atoms with Crippen LogP contribution in [0.4, 0.5) is 26.2 Å². The summed E-state index contributed by atoms with van der Waals surface area (Å²) in [5.41, 5.74) is 7.73. The van der Waals surface area contributed by atoms with Gasteiger partial charge in [-0.05, 0) is 37.1 Å². The maximum absolute atomic E-state index is 14.5. The molecule has 2 unspecified atom stereocenters. The molecule has 2 aliphatic heterocycles. The Hall–Kier alpha value is -4.60. The van der Waals surface area contributed by atoms with Crippen molar-refractivity contribution >= 4 is 29.2 Å². The number of halogens is 2. The first-order valence-electron chi connectivity index (χ1n) is 12.3. The summed E-state index contributed by atoms with van der Waals surface area (Å²) in [6, 6.07) is 14.7. The van der Waals surface area contributed by atoms with Crippen LogP contribution in [-0.2, 0) is 23.2 Å². The first kappa shape index (κ1) is 23.8. The van der Waals surface area contributed by atoms with Crippen molar-refractivity contribution in [2.24, 2.45) is 4.99 Å². The lowest BCUT2D eigenvalue weighted by Gasteiger charge is -2.25. The maximum atomic E-state index is 14.5. The van der Waals surface area contributed by atoms with Gasteiger partial charge in [-0.2, -0.15) is 0 Å². The number of nitrogens with two attached hydrogens (primary N) is 1. The first-order valence-corrected chi connectivity index (χ1v) is 12.3. The van der Waals surface area contributed by atoms with E-state index in [-0.39, 0.29) is 23.7 Å². The molecule has 4 aromatic rings. The Bertz CT molecular complexity index is 1620. The monoisotopic (exact) mass is 513 g/mol. The number of rotatable bonds is 5. The van der Waals surface area contributed by atoms with Crippen LogP contribution in [0.2, 0.25) is 0 Å². The Morgan fingerprint density at radius 3 is 2.61 bits per heavy atom. The van der Waals surface area contributed by atoms with E-state index in [1.54, 1.807) is 6.92 Å². The number of nitrogen functional groups attached to an aromatic ring is 1. The fourth-order valence-electron chi connectivity index (χ4n) is 5.26. The van der Waals surface area contributed by atoms with Crippen molar-refractivity contribution in [3.05, 3.63) is 101 Å². The smallest absolute Gasteiger partial charge is 0.240 e. The number of aryl methyl sites for hydroxylation is 1. The average molecular weight is 514 g/mol. The summed E-state index contributed by atoms with van der Waals surface area (Å²) in [4.78, 5) is 27.3. The number of aromatic nitrogens is 3. The van der Waals surface area contributed by atoms with Crippen LogP contribution in [0, 0.1) is 11.6 Å². The third kappa shape index (κ3) is 3.55. The molecule has 2 atom stereocenters. The molecule has 0 fully saturated rings. The van der Waals surface area contributed by atoms with Gasteiger partial charge in [-0.1, -0.05) is 42.5 Å². The molecule has 1 amide bonds. The van der Waals surface area contributed by atoms with Crippen LogP contribution < -0.4 is 16.4 Å². The predicted molar refractivity (Wildman–Crippen MR) is 141 cm³/mol. The second-order valence-electron chi connectivity index (χ2n) is 9.53. The normalized spacial score (nSPS) is 19.8. The van der Waals surface area contributed by atoms with Crippen LogP contribution in [0.15, 0.2) is 65.8 Å². The van der Waals surface area contributed by atoms with Crippen molar-refractivity contribution in [1.82, 2.24) is 14.5 Å².